The van der Waals surface area contributed by atoms with Gasteiger partial charge in [-0.05, 0) is 42.5 Å². The average Bonchev–Trinajstić information content (AvgIpc) is 2.70. The minimum Gasteiger partial charge on any atom is -0.474 e. The van der Waals surface area contributed by atoms with Crippen molar-refractivity contribution in [2.24, 2.45) is 0 Å². The zero-order valence-electron chi connectivity index (χ0n) is 14.6. The highest BCUT2D eigenvalue weighted by atomic mass is 35.5. The molecule has 1 aliphatic rings. The summed E-state index contributed by atoms with van der Waals surface area (Å²) in [7, 11) is 0. The second-order valence-corrected chi connectivity index (χ2v) is 6.63. The molecule has 28 heavy (non-hydrogen) atoms. The highest BCUT2D eigenvalue weighted by Gasteiger charge is 2.29. The number of rotatable bonds is 3. The van der Waals surface area contributed by atoms with Gasteiger partial charge in [0.2, 0.25) is 6.10 Å². The summed E-state index contributed by atoms with van der Waals surface area (Å²) in [6.45, 7) is 0. The monoisotopic (exact) mass is 393 g/mol. The maximum Gasteiger partial charge on any atom is 0.323 e. The molecule has 3 N–H and O–H groups in total. The molecule has 0 spiro atoms. The molecule has 3 aromatic carbocycles. The lowest BCUT2D eigenvalue weighted by Gasteiger charge is -2.26. The van der Waals surface area contributed by atoms with Gasteiger partial charge in [0.15, 0.2) is 0 Å². The Hall–Kier alpha value is -3.51. The van der Waals surface area contributed by atoms with Gasteiger partial charge < -0.3 is 20.7 Å². The molecule has 3 aromatic rings. The second kappa shape index (κ2) is 7.62. The van der Waals surface area contributed by atoms with Gasteiger partial charge in [0.1, 0.15) is 5.75 Å². The maximum absolute atomic E-state index is 12.4. The van der Waals surface area contributed by atoms with Crippen molar-refractivity contribution in [3.05, 3.63) is 83.4 Å². The van der Waals surface area contributed by atoms with Gasteiger partial charge in [0.25, 0.3) is 5.91 Å². The number of ether oxygens (including phenoxy) is 1. The Morgan fingerprint density at radius 1 is 0.929 bits per heavy atom. The van der Waals surface area contributed by atoms with Crippen molar-refractivity contribution in [1.29, 1.82) is 0 Å². The standard InChI is InChI=1S/C21H16ClN3O3/c22-14-6-8-15(9-7-14)23-21(27)24-16-10-11-18-17(12-16)25-20(26)19(28-18)13-4-2-1-3-5-13/h1-12,19H,(H,25,26)(H2,23,24,27). The third kappa shape index (κ3) is 3.92. The highest BCUT2D eigenvalue weighted by Crippen LogP contribution is 2.36. The number of hydrogen-bond donors (Lipinski definition) is 3. The molecular formula is C21H16ClN3O3. The number of fused-ring (bicyclic) bond motifs is 1. The van der Waals surface area contributed by atoms with Crippen LogP contribution in [0, 0.1) is 0 Å². The third-order valence-corrected chi connectivity index (χ3v) is 4.43. The van der Waals surface area contributed by atoms with Crippen LogP contribution in [-0.4, -0.2) is 11.9 Å². The van der Waals surface area contributed by atoms with E-state index >= 15 is 0 Å². The van der Waals surface area contributed by atoms with E-state index in [2.05, 4.69) is 16.0 Å². The van der Waals surface area contributed by atoms with Crippen LogP contribution in [0.4, 0.5) is 21.9 Å². The molecule has 1 aliphatic heterocycles. The molecule has 140 valence electrons. The zero-order chi connectivity index (χ0) is 19.5. The Bertz CT molecular complexity index is 1020. The first-order valence-corrected chi connectivity index (χ1v) is 8.96. The zero-order valence-corrected chi connectivity index (χ0v) is 15.4. The Morgan fingerprint density at radius 2 is 1.61 bits per heavy atom. The van der Waals surface area contributed by atoms with Crippen molar-refractivity contribution in [3.8, 4) is 5.75 Å². The third-order valence-electron chi connectivity index (χ3n) is 4.18. The van der Waals surface area contributed by atoms with E-state index in [-0.39, 0.29) is 5.91 Å². The fraction of sp³-hybridized carbons (Fsp3) is 0.0476. The van der Waals surface area contributed by atoms with Crippen molar-refractivity contribution < 1.29 is 14.3 Å². The van der Waals surface area contributed by atoms with Crippen LogP contribution in [0.2, 0.25) is 5.02 Å². The van der Waals surface area contributed by atoms with Crippen molar-refractivity contribution >= 4 is 40.6 Å². The summed E-state index contributed by atoms with van der Waals surface area (Å²) < 4.78 is 5.84. The maximum atomic E-state index is 12.4. The number of amides is 3. The molecule has 0 aliphatic carbocycles. The predicted molar refractivity (Wildman–Crippen MR) is 109 cm³/mol. The van der Waals surface area contributed by atoms with E-state index in [0.717, 1.165) is 5.56 Å². The average molecular weight is 394 g/mol. The topological polar surface area (TPSA) is 79.5 Å². The summed E-state index contributed by atoms with van der Waals surface area (Å²) in [6, 6.07) is 20.7. The highest BCUT2D eigenvalue weighted by molar-refractivity contribution is 6.30. The van der Waals surface area contributed by atoms with Crippen molar-refractivity contribution in [2.75, 3.05) is 16.0 Å². The Balaban J connectivity index is 1.46. The van der Waals surface area contributed by atoms with Gasteiger partial charge >= 0.3 is 6.03 Å². The minimum absolute atomic E-state index is 0.263. The van der Waals surface area contributed by atoms with Crippen LogP contribution in [0.5, 0.6) is 5.75 Å². The molecule has 6 nitrogen and oxygen atoms in total. The molecule has 1 heterocycles. The summed E-state index contributed by atoms with van der Waals surface area (Å²) in [5.74, 6) is 0.276. The van der Waals surface area contributed by atoms with Gasteiger partial charge in [-0.2, -0.15) is 0 Å². The number of carbonyl (C=O) groups excluding carboxylic acids is 2. The van der Waals surface area contributed by atoms with Crippen LogP contribution in [-0.2, 0) is 4.79 Å². The Labute approximate surface area is 166 Å². The van der Waals surface area contributed by atoms with Crippen LogP contribution in [0.25, 0.3) is 0 Å². The van der Waals surface area contributed by atoms with E-state index in [1.165, 1.54) is 0 Å². The van der Waals surface area contributed by atoms with Crippen LogP contribution in [0.1, 0.15) is 11.7 Å². The van der Waals surface area contributed by atoms with E-state index in [1.54, 1.807) is 42.5 Å². The van der Waals surface area contributed by atoms with Gasteiger partial charge in [-0.25, -0.2) is 4.79 Å². The quantitative estimate of drug-likeness (QED) is 0.582. The first-order valence-electron chi connectivity index (χ1n) is 8.58. The number of halogens is 1. The summed E-state index contributed by atoms with van der Waals surface area (Å²) in [5.41, 5.74) is 2.41. The lowest BCUT2D eigenvalue weighted by molar-refractivity contribution is -0.123. The van der Waals surface area contributed by atoms with Gasteiger partial charge in [0, 0.05) is 22.0 Å². The summed E-state index contributed by atoms with van der Waals surface area (Å²) in [5, 5.41) is 8.85. The van der Waals surface area contributed by atoms with E-state index in [9.17, 15) is 9.59 Å². The van der Waals surface area contributed by atoms with Crippen molar-refractivity contribution in [3.63, 3.8) is 0 Å². The normalized spacial score (nSPS) is 15.0. The lowest BCUT2D eigenvalue weighted by Crippen LogP contribution is -2.30. The summed E-state index contributed by atoms with van der Waals surface area (Å²) in [6.07, 6.45) is -0.708. The minimum atomic E-state index is -0.708. The number of urea groups is 1. The largest absolute Gasteiger partial charge is 0.474 e. The second-order valence-electron chi connectivity index (χ2n) is 6.19. The molecule has 0 radical (unpaired) electrons. The van der Waals surface area contributed by atoms with Crippen LogP contribution >= 0.6 is 11.6 Å². The molecular weight excluding hydrogens is 378 g/mol. The Kier molecular flexibility index (Phi) is 4.87. The summed E-state index contributed by atoms with van der Waals surface area (Å²) >= 11 is 5.83. The molecule has 3 amide bonds. The molecule has 4 rings (SSSR count). The smallest absolute Gasteiger partial charge is 0.323 e. The molecule has 7 heteroatoms. The number of benzene rings is 3. The molecule has 1 atom stereocenters. The fourth-order valence-electron chi connectivity index (χ4n) is 2.86. The number of nitrogens with one attached hydrogen (secondary N) is 3. The van der Waals surface area contributed by atoms with E-state index in [0.29, 0.717) is 27.8 Å². The summed E-state index contributed by atoms with van der Waals surface area (Å²) in [4.78, 5) is 24.6. The molecule has 0 fully saturated rings. The van der Waals surface area contributed by atoms with Crippen molar-refractivity contribution in [2.45, 2.75) is 6.10 Å². The number of anilines is 3. The van der Waals surface area contributed by atoms with Crippen LogP contribution < -0.4 is 20.7 Å². The Morgan fingerprint density at radius 3 is 2.36 bits per heavy atom. The van der Waals surface area contributed by atoms with Gasteiger partial charge in [0.05, 0.1) is 5.69 Å². The fourth-order valence-corrected chi connectivity index (χ4v) is 2.99. The van der Waals surface area contributed by atoms with Crippen LogP contribution in [0.3, 0.4) is 0 Å². The van der Waals surface area contributed by atoms with E-state index in [1.807, 2.05) is 30.3 Å². The van der Waals surface area contributed by atoms with Crippen molar-refractivity contribution in [1.82, 2.24) is 0 Å². The molecule has 0 aromatic heterocycles. The number of hydrogen-bond acceptors (Lipinski definition) is 3. The molecule has 0 bridgehead atoms. The van der Waals surface area contributed by atoms with Crippen LogP contribution in [0.15, 0.2) is 72.8 Å². The predicted octanol–water partition coefficient (Wildman–Crippen LogP) is 5.06. The first-order chi connectivity index (χ1) is 13.6. The molecule has 0 saturated carbocycles. The van der Waals surface area contributed by atoms with Gasteiger partial charge in [-0.3, -0.25) is 4.79 Å². The van der Waals surface area contributed by atoms with E-state index < -0.39 is 12.1 Å². The van der Waals surface area contributed by atoms with Gasteiger partial charge in [-0.1, -0.05) is 41.9 Å². The SMILES string of the molecule is O=C(Nc1ccc(Cl)cc1)Nc1ccc2c(c1)NC(=O)C(c1ccccc1)O2. The first kappa shape index (κ1) is 17.9. The molecule has 0 saturated heterocycles. The number of carbonyl (C=O) groups is 2. The van der Waals surface area contributed by atoms with E-state index in [4.69, 9.17) is 16.3 Å². The van der Waals surface area contributed by atoms with Gasteiger partial charge in [-0.15, -0.1) is 0 Å². The lowest BCUT2D eigenvalue weighted by atomic mass is 10.1. The molecule has 1 unspecified atom stereocenters.